The van der Waals surface area contributed by atoms with Gasteiger partial charge in [-0.2, -0.15) is 18.4 Å². The maximum absolute atomic E-state index is 12.2. The van der Waals surface area contributed by atoms with Crippen LogP contribution >= 0.6 is 0 Å². The van der Waals surface area contributed by atoms with Crippen molar-refractivity contribution in [3.8, 4) is 0 Å². The van der Waals surface area contributed by atoms with E-state index in [1.54, 1.807) is 24.3 Å². The zero-order chi connectivity index (χ0) is 16.4. The van der Waals surface area contributed by atoms with Crippen LogP contribution in [0.15, 0.2) is 46.4 Å². The Labute approximate surface area is 133 Å². The SMILES string of the molecule is Cc1ccc(S(=O)(=O)N/N=C2/C=CC(C(C)(C)C)CC2)cc1. The van der Waals surface area contributed by atoms with Gasteiger partial charge in [0.25, 0.3) is 10.0 Å². The Morgan fingerprint density at radius 2 is 1.82 bits per heavy atom. The van der Waals surface area contributed by atoms with E-state index in [9.17, 15) is 8.42 Å². The molecule has 0 fully saturated rings. The van der Waals surface area contributed by atoms with E-state index in [1.165, 1.54) is 0 Å². The second kappa shape index (κ2) is 6.24. The standard InChI is InChI=1S/C17H24N2O2S/c1-13-5-11-16(12-6-13)22(20,21)19-18-15-9-7-14(8-10-15)17(2,3)4/h5-7,9,11-12,14,19H,8,10H2,1-4H3/b18-15-. The summed E-state index contributed by atoms with van der Waals surface area (Å²) in [4.78, 5) is 2.56. The van der Waals surface area contributed by atoms with E-state index >= 15 is 0 Å². The van der Waals surface area contributed by atoms with Crippen LogP contribution in [-0.2, 0) is 10.0 Å². The van der Waals surface area contributed by atoms with E-state index in [4.69, 9.17) is 0 Å². The summed E-state index contributed by atoms with van der Waals surface area (Å²) in [5, 5.41) is 4.06. The van der Waals surface area contributed by atoms with Crippen LogP contribution < -0.4 is 4.83 Å². The highest BCUT2D eigenvalue weighted by Crippen LogP contribution is 2.33. The molecular formula is C17H24N2O2S. The predicted octanol–water partition coefficient (Wildman–Crippen LogP) is 3.64. The van der Waals surface area contributed by atoms with Gasteiger partial charge in [-0.15, -0.1) is 0 Å². The van der Waals surface area contributed by atoms with Crippen LogP contribution in [0.1, 0.15) is 39.2 Å². The van der Waals surface area contributed by atoms with Gasteiger partial charge in [-0.05, 0) is 49.3 Å². The maximum atomic E-state index is 12.2. The highest BCUT2D eigenvalue weighted by Gasteiger charge is 2.24. The highest BCUT2D eigenvalue weighted by molar-refractivity contribution is 7.89. The molecule has 1 aromatic rings. The number of benzene rings is 1. The van der Waals surface area contributed by atoms with Gasteiger partial charge in [0, 0.05) is 0 Å². The van der Waals surface area contributed by atoms with Crippen molar-refractivity contribution in [1.82, 2.24) is 4.83 Å². The summed E-state index contributed by atoms with van der Waals surface area (Å²) in [6.07, 6.45) is 5.83. The van der Waals surface area contributed by atoms with Crippen LogP contribution in [0.3, 0.4) is 0 Å². The van der Waals surface area contributed by atoms with Crippen LogP contribution in [0.4, 0.5) is 0 Å². The first kappa shape index (κ1) is 16.7. The smallest absolute Gasteiger partial charge is 0.200 e. The summed E-state index contributed by atoms with van der Waals surface area (Å²) < 4.78 is 24.3. The lowest BCUT2D eigenvalue weighted by molar-refractivity contribution is 0.279. The fourth-order valence-corrected chi connectivity index (χ4v) is 3.25. The third-order valence-corrected chi connectivity index (χ3v) is 5.21. The van der Waals surface area contributed by atoms with Gasteiger partial charge < -0.3 is 0 Å². The van der Waals surface area contributed by atoms with E-state index in [0.717, 1.165) is 24.1 Å². The first-order chi connectivity index (χ1) is 10.2. The topological polar surface area (TPSA) is 58.5 Å². The molecule has 1 unspecified atom stereocenters. The van der Waals surface area contributed by atoms with Gasteiger partial charge in [0.2, 0.25) is 0 Å². The van der Waals surface area contributed by atoms with Crippen molar-refractivity contribution < 1.29 is 8.42 Å². The largest absolute Gasteiger partial charge is 0.276 e. The molecule has 120 valence electrons. The highest BCUT2D eigenvalue weighted by atomic mass is 32.2. The Hall–Kier alpha value is -1.62. The summed E-state index contributed by atoms with van der Waals surface area (Å²) in [5.41, 5.74) is 2.02. The average Bonchev–Trinajstić information content (AvgIpc) is 2.45. The van der Waals surface area contributed by atoms with Crippen LogP contribution in [-0.4, -0.2) is 14.1 Å². The number of sulfonamides is 1. The van der Waals surface area contributed by atoms with Crippen molar-refractivity contribution in [2.75, 3.05) is 0 Å². The predicted molar refractivity (Wildman–Crippen MR) is 90.3 cm³/mol. The molecule has 0 heterocycles. The molecule has 0 aliphatic heterocycles. The van der Waals surface area contributed by atoms with Crippen molar-refractivity contribution in [1.29, 1.82) is 0 Å². The molecule has 0 amide bonds. The first-order valence-electron chi connectivity index (χ1n) is 7.52. The Balaban J connectivity index is 2.08. The molecule has 1 aliphatic carbocycles. The number of hydrogen-bond donors (Lipinski definition) is 1. The zero-order valence-electron chi connectivity index (χ0n) is 13.6. The van der Waals surface area contributed by atoms with Crippen molar-refractivity contribution in [2.45, 2.75) is 45.4 Å². The quantitative estimate of drug-likeness (QED) is 0.864. The van der Waals surface area contributed by atoms with Crippen LogP contribution in [0.2, 0.25) is 0 Å². The van der Waals surface area contributed by atoms with Crippen LogP contribution in [0, 0.1) is 18.3 Å². The molecule has 1 atom stereocenters. The Morgan fingerprint density at radius 1 is 1.18 bits per heavy atom. The Bertz CT molecular complexity index is 680. The molecule has 0 saturated carbocycles. The minimum atomic E-state index is -3.59. The number of rotatable bonds is 3. The molecule has 1 aromatic carbocycles. The number of nitrogens with zero attached hydrogens (tertiary/aromatic N) is 1. The fourth-order valence-electron chi connectivity index (χ4n) is 2.41. The molecule has 0 saturated heterocycles. The van der Waals surface area contributed by atoms with E-state index in [0.29, 0.717) is 5.92 Å². The molecule has 0 bridgehead atoms. The van der Waals surface area contributed by atoms with Gasteiger partial charge in [-0.25, -0.2) is 0 Å². The molecule has 4 nitrogen and oxygen atoms in total. The first-order valence-corrected chi connectivity index (χ1v) is 9.00. The van der Waals surface area contributed by atoms with E-state index in [2.05, 4.69) is 36.8 Å². The van der Waals surface area contributed by atoms with Crippen molar-refractivity contribution in [3.05, 3.63) is 42.0 Å². The van der Waals surface area contributed by atoms with Gasteiger partial charge in [-0.3, -0.25) is 0 Å². The molecule has 0 radical (unpaired) electrons. The summed E-state index contributed by atoms with van der Waals surface area (Å²) >= 11 is 0. The monoisotopic (exact) mass is 320 g/mol. The molecule has 2 rings (SSSR count). The minimum absolute atomic E-state index is 0.226. The Morgan fingerprint density at radius 3 is 2.32 bits per heavy atom. The molecule has 1 aliphatic rings. The van der Waals surface area contributed by atoms with Gasteiger partial charge in [0.15, 0.2) is 0 Å². The van der Waals surface area contributed by atoms with Crippen molar-refractivity contribution in [3.63, 3.8) is 0 Å². The number of hydrogen-bond acceptors (Lipinski definition) is 3. The molecule has 1 N–H and O–H groups in total. The average molecular weight is 320 g/mol. The normalized spacial score (nSPS) is 21.1. The second-order valence-electron chi connectivity index (χ2n) is 6.88. The summed E-state index contributed by atoms with van der Waals surface area (Å²) in [7, 11) is -3.59. The van der Waals surface area contributed by atoms with E-state index < -0.39 is 10.0 Å². The van der Waals surface area contributed by atoms with Crippen molar-refractivity contribution >= 4 is 15.7 Å². The summed E-state index contributed by atoms with van der Waals surface area (Å²) in [5.74, 6) is 0.500. The number of nitrogens with one attached hydrogen (secondary N) is 1. The maximum Gasteiger partial charge on any atom is 0.276 e. The number of allylic oxidation sites excluding steroid dienone is 2. The van der Waals surface area contributed by atoms with Crippen LogP contribution in [0.25, 0.3) is 0 Å². The van der Waals surface area contributed by atoms with Gasteiger partial charge in [0.1, 0.15) is 0 Å². The van der Waals surface area contributed by atoms with Crippen molar-refractivity contribution in [2.24, 2.45) is 16.4 Å². The lowest BCUT2D eigenvalue weighted by Gasteiger charge is -2.30. The summed E-state index contributed by atoms with van der Waals surface area (Å²) in [6, 6.07) is 6.72. The lowest BCUT2D eigenvalue weighted by Crippen LogP contribution is -2.24. The zero-order valence-corrected chi connectivity index (χ0v) is 14.4. The molecule has 5 heteroatoms. The number of aryl methyl sites for hydroxylation is 1. The summed E-state index contributed by atoms with van der Waals surface area (Å²) in [6.45, 7) is 8.56. The third kappa shape index (κ3) is 4.19. The van der Waals surface area contributed by atoms with E-state index in [1.807, 2.05) is 13.0 Å². The number of hydrazone groups is 1. The second-order valence-corrected chi connectivity index (χ2v) is 8.54. The third-order valence-electron chi connectivity index (χ3n) is 3.99. The lowest BCUT2D eigenvalue weighted by atomic mass is 9.75. The molecular weight excluding hydrogens is 296 g/mol. The minimum Gasteiger partial charge on any atom is -0.200 e. The van der Waals surface area contributed by atoms with Crippen LogP contribution in [0.5, 0.6) is 0 Å². The molecule has 0 spiro atoms. The van der Waals surface area contributed by atoms with Gasteiger partial charge in [0.05, 0.1) is 10.6 Å². The fraction of sp³-hybridized carbons (Fsp3) is 0.471. The van der Waals surface area contributed by atoms with Gasteiger partial charge in [-0.1, -0.05) is 44.5 Å². The van der Waals surface area contributed by atoms with Gasteiger partial charge >= 0.3 is 0 Å². The van der Waals surface area contributed by atoms with E-state index in [-0.39, 0.29) is 10.3 Å². The molecule has 22 heavy (non-hydrogen) atoms. The molecule has 0 aromatic heterocycles. The Kier molecular flexibility index (Phi) is 4.75.